The van der Waals surface area contributed by atoms with E-state index in [9.17, 15) is 14.4 Å². The zero-order chi connectivity index (χ0) is 15.0. The summed E-state index contributed by atoms with van der Waals surface area (Å²) < 4.78 is 10.3. The van der Waals surface area contributed by atoms with Crippen molar-refractivity contribution < 1.29 is 28.6 Å². The smallest absolute Gasteiger partial charge is 0.338 e. The minimum atomic E-state index is -1.12. The van der Waals surface area contributed by atoms with E-state index in [2.05, 4.69) is 5.32 Å². The van der Waals surface area contributed by atoms with E-state index in [0.29, 0.717) is 26.1 Å². The third kappa shape index (κ3) is 2.27. The van der Waals surface area contributed by atoms with E-state index in [1.54, 1.807) is 0 Å². The molecule has 112 valence electrons. The van der Waals surface area contributed by atoms with Crippen LogP contribution >= 0.6 is 0 Å². The van der Waals surface area contributed by atoms with Crippen LogP contribution in [-0.2, 0) is 16.1 Å². The summed E-state index contributed by atoms with van der Waals surface area (Å²) in [6, 6.07) is 0.813. The lowest BCUT2D eigenvalue weighted by Crippen LogP contribution is -2.51. The average molecular weight is 294 g/mol. The van der Waals surface area contributed by atoms with Crippen molar-refractivity contribution in [3.8, 4) is 0 Å². The fourth-order valence-electron chi connectivity index (χ4n) is 2.61. The van der Waals surface area contributed by atoms with Crippen LogP contribution in [0.4, 0.5) is 4.79 Å². The highest BCUT2D eigenvalue weighted by molar-refractivity contribution is 6.07. The van der Waals surface area contributed by atoms with Crippen molar-refractivity contribution in [1.29, 1.82) is 0 Å². The van der Waals surface area contributed by atoms with Crippen LogP contribution in [0.5, 0.6) is 0 Å². The van der Waals surface area contributed by atoms with Gasteiger partial charge >= 0.3 is 12.0 Å². The van der Waals surface area contributed by atoms with Gasteiger partial charge in [-0.25, -0.2) is 9.59 Å². The van der Waals surface area contributed by atoms with Crippen LogP contribution < -0.4 is 5.32 Å². The number of hydrogen-bond donors (Lipinski definition) is 2. The summed E-state index contributed by atoms with van der Waals surface area (Å²) in [7, 11) is 0. The van der Waals surface area contributed by atoms with Crippen molar-refractivity contribution in [3.63, 3.8) is 0 Å². The largest absolute Gasteiger partial charge is 0.478 e. The lowest BCUT2D eigenvalue weighted by atomic mass is 9.90. The van der Waals surface area contributed by atoms with Crippen LogP contribution in [0, 0.1) is 0 Å². The van der Waals surface area contributed by atoms with Crippen LogP contribution in [0.1, 0.15) is 29.0 Å². The number of carboxylic acid groups (broad SMARTS) is 1. The number of carbonyl (C=O) groups is 3. The van der Waals surface area contributed by atoms with Gasteiger partial charge in [0.15, 0.2) is 0 Å². The van der Waals surface area contributed by atoms with Crippen LogP contribution in [0.3, 0.4) is 0 Å². The van der Waals surface area contributed by atoms with Gasteiger partial charge in [0, 0.05) is 26.1 Å². The number of amides is 3. The topological polar surface area (TPSA) is 109 Å². The van der Waals surface area contributed by atoms with Crippen molar-refractivity contribution in [1.82, 2.24) is 10.2 Å². The molecule has 1 spiro atoms. The van der Waals surface area contributed by atoms with Crippen LogP contribution in [0.15, 0.2) is 16.7 Å². The molecule has 21 heavy (non-hydrogen) atoms. The molecule has 2 fully saturated rings. The molecule has 0 saturated carbocycles. The number of aromatic carboxylic acids is 1. The minimum absolute atomic E-state index is 0.0159. The lowest BCUT2D eigenvalue weighted by Gasteiger charge is -2.30. The number of ether oxygens (including phenoxy) is 1. The van der Waals surface area contributed by atoms with Gasteiger partial charge in [-0.2, -0.15) is 0 Å². The molecule has 0 aromatic carbocycles. The molecule has 3 heterocycles. The molecule has 8 heteroatoms. The molecule has 0 aliphatic carbocycles. The van der Waals surface area contributed by atoms with E-state index in [1.807, 2.05) is 0 Å². The molecule has 3 rings (SSSR count). The molecule has 2 aliphatic heterocycles. The molecule has 0 bridgehead atoms. The lowest BCUT2D eigenvalue weighted by molar-refractivity contribution is -0.135. The van der Waals surface area contributed by atoms with Crippen molar-refractivity contribution in [2.45, 2.75) is 24.9 Å². The molecule has 1 aromatic rings. The first-order valence-corrected chi connectivity index (χ1v) is 6.54. The fraction of sp³-hybridized carbons (Fsp3) is 0.462. The highest BCUT2D eigenvalue weighted by Gasteiger charge is 2.51. The summed E-state index contributed by atoms with van der Waals surface area (Å²) in [6.45, 7) is 0.758. The zero-order valence-electron chi connectivity index (χ0n) is 11.1. The Hall–Kier alpha value is -2.35. The maximum Gasteiger partial charge on any atom is 0.338 e. The number of furan rings is 1. The Morgan fingerprint density at radius 3 is 2.71 bits per heavy atom. The summed E-state index contributed by atoms with van der Waals surface area (Å²) in [6.07, 6.45) is 1.96. The third-order valence-electron chi connectivity index (χ3n) is 3.81. The van der Waals surface area contributed by atoms with Gasteiger partial charge in [-0.3, -0.25) is 9.69 Å². The van der Waals surface area contributed by atoms with Crippen molar-refractivity contribution in [2.75, 3.05) is 13.2 Å². The molecule has 1 aromatic heterocycles. The predicted octanol–water partition coefficient (Wildman–Crippen LogP) is 0.579. The van der Waals surface area contributed by atoms with Gasteiger partial charge < -0.3 is 19.6 Å². The van der Waals surface area contributed by atoms with Gasteiger partial charge in [0.05, 0.1) is 12.1 Å². The monoisotopic (exact) mass is 294 g/mol. The van der Waals surface area contributed by atoms with Gasteiger partial charge in [0.25, 0.3) is 5.91 Å². The second-order valence-corrected chi connectivity index (χ2v) is 5.12. The molecule has 2 aliphatic rings. The normalized spacial score (nSPS) is 20.9. The Morgan fingerprint density at radius 2 is 2.10 bits per heavy atom. The van der Waals surface area contributed by atoms with E-state index in [0.717, 1.165) is 11.2 Å². The molecule has 0 atom stereocenters. The summed E-state index contributed by atoms with van der Waals surface area (Å²) >= 11 is 0. The van der Waals surface area contributed by atoms with Gasteiger partial charge in [-0.15, -0.1) is 0 Å². The van der Waals surface area contributed by atoms with E-state index in [1.165, 1.54) is 6.07 Å². The summed E-state index contributed by atoms with van der Waals surface area (Å²) in [5.74, 6) is -1.19. The number of carbonyl (C=O) groups excluding carboxylic acids is 2. The second-order valence-electron chi connectivity index (χ2n) is 5.12. The summed E-state index contributed by atoms with van der Waals surface area (Å²) in [5.41, 5.74) is -0.907. The van der Waals surface area contributed by atoms with Crippen molar-refractivity contribution in [3.05, 3.63) is 23.7 Å². The Bertz CT molecular complexity index is 602. The SMILES string of the molecule is O=C(O)c1coc(CN2C(=O)NC3(CCOCC3)C2=O)c1. The average Bonchev–Trinajstić information content (AvgIpc) is 3.00. The van der Waals surface area contributed by atoms with Gasteiger partial charge in [-0.05, 0) is 6.07 Å². The van der Waals surface area contributed by atoms with E-state index in [-0.39, 0.29) is 23.8 Å². The molecule has 2 N–H and O–H groups in total. The molecule has 3 amide bonds. The predicted molar refractivity (Wildman–Crippen MR) is 67.5 cm³/mol. The van der Waals surface area contributed by atoms with E-state index < -0.39 is 17.5 Å². The third-order valence-corrected chi connectivity index (χ3v) is 3.81. The summed E-state index contributed by atoms with van der Waals surface area (Å²) in [5, 5.41) is 11.5. The quantitative estimate of drug-likeness (QED) is 0.789. The van der Waals surface area contributed by atoms with Gasteiger partial charge in [-0.1, -0.05) is 0 Å². The van der Waals surface area contributed by atoms with Crippen molar-refractivity contribution >= 4 is 17.9 Å². The van der Waals surface area contributed by atoms with E-state index in [4.69, 9.17) is 14.3 Å². The second kappa shape index (κ2) is 4.88. The molecule has 8 nitrogen and oxygen atoms in total. The Morgan fingerprint density at radius 1 is 1.38 bits per heavy atom. The highest BCUT2D eigenvalue weighted by atomic mass is 16.5. The Balaban J connectivity index is 1.77. The van der Waals surface area contributed by atoms with Crippen LogP contribution in [-0.4, -0.2) is 46.7 Å². The zero-order valence-corrected chi connectivity index (χ0v) is 11.1. The Labute approximate surface area is 119 Å². The first kappa shape index (κ1) is 13.6. The first-order valence-electron chi connectivity index (χ1n) is 6.54. The highest BCUT2D eigenvalue weighted by Crippen LogP contribution is 2.29. The molecule has 2 saturated heterocycles. The number of hydrogen-bond acceptors (Lipinski definition) is 5. The first-order chi connectivity index (χ1) is 10.0. The van der Waals surface area contributed by atoms with Crippen LogP contribution in [0.2, 0.25) is 0 Å². The van der Waals surface area contributed by atoms with Gasteiger partial charge in [0.2, 0.25) is 0 Å². The number of carboxylic acids is 1. The van der Waals surface area contributed by atoms with E-state index >= 15 is 0 Å². The summed E-state index contributed by atoms with van der Waals surface area (Å²) in [4.78, 5) is 36.3. The molecular weight excluding hydrogens is 280 g/mol. The molecule has 0 unspecified atom stereocenters. The number of urea groups is 1. The number of imide groups is 1. The van der Waals surface area contributed by atoms with Crippen molar-refractivity contribution in [2.24, 2.45) is 0 Å². The standard InChI is InChI=1S/C13H14N2O6/c16-10(17)8-5-9(21-7-8)6-15-11(18)13(14-12(15)19)1-3-20-4-2-13/h5,7H,1-4,6H2,(H,14,19)(H,16,17). The number of rotatable bonds is 3. The molecular formula is C13H14N2O6. The fourth-order valence-corrected chi connectivity index (χ4v) is 2.61. The molecule has 0 radical (unpaired) electrons. The van der Waals surface area contributed by atoms with Crippen LogP contribution in [0.25, 0.3) is 0 Å². The number of nitrogens with zero attached hydrogens (tertiary/aromatic N) is 1. The Kier molecular flexibility index (Phi) is 3.17. The maximum absolute atomic E-state index is 12.5. The van der Waals surface area contributed by atoms with Gasteiger partial charge in [0.1, 0.15) is 17.6 Å². The maximum atomic E-state index is 12.5. The number of nitrogens with one attached hydrogen (secondary N) is 1. The minimum Gasteiger partial charge on any atom is -0.478 e.